The van der Waals surface area contributed by atoms with Gasteiger partial charge in [-0.05, 0) is 53.9 Å². The number of nitrogens with one attached hydrogen (secondary N) is 3. The van der Waals surface area contributed by atoms with Crippen molar-refractivity contribution in [1.82, 2.24) is 16.0 Å². The van der Waals surface area contributed by atoms with Crippen LogP contribution >= 0.6 is 0 Å². The van der Waals surface area contributed by atoms with E-state index in [2.05, 4.69) is 25.9 Å². The van der Waals surface area contributed by atoms with Gasteiger partial charge in [0.1, 0.15) is 12.1 Å². The molecule has 0 saturated heterocycles. The van der Waals surface area contributed by atoms with E-state index in [1.54, 1.807) is 0 Å². The molecule has 0 aliphatic heterocycles. The van der Waals surface area contributed by atoms with Crippen LogP contribution in [0.3, 0.4) is 0 Å². The van der Waals surface area contributed by atoms with E-state index in [4.69, 9.17) is 28.7 Å². The average Bonchev–Trinajstić information content (AvgIpc) is 3.10. The molecular weight excluding hydrogens is 620 g/mol. The molecule has 3 aromatic rings. The predicted molar refractivity (Wildman–Crippen MR) is 195 cm³/mol. The lowest BCUT2D eigenvalue weighted by molar-refractivity contribution is -0.132. The van der Waals surface area contributed by atoms with Gasteiger partial charge in [-0.2, -0.15) is 0 Å². The van der Waals surface area contributed by atoms with Gasteiger partial charge in [0.25, 0.3) is 0 Å². The molecular formula is C36H50N10O3. The highest BCUT2D eigenvalue weighted by molar-refractivity contribution is 5.93. The lowest BCUT2D eigenvalue weighted by Gasteiger charge is -2.25. The zero-order chi connectivity index (χ0) is 35.6. The molecule has 0 radical (unpaired) electrons. The molecule has 13 N–H and O–H groups in total. The van der Waals surface area contributed by atoms with Gasteiger partial charge in [0, 0.05) is 26.1 Å². The second-order valence-electron chi connectivity index (χ2n) is 12.0. The smallest absolute Gasteiger partial charge is 0.243 e. The van der Waals surface area contributed by atoms with E-state index in [9.17, 15) is 14.4 Å². The van der Waals surface area contributed by atoms with Crippen molar-refractivity contribution in [3.05, 3.63) is 96.1 Å². The maximum Gasteiger partial charge on any atom is 0.243 e. The van der Waals surface area contributed by atoms with E-state index < -0.39 is 29.9 Å². The van der Waals surface area contributed by atoms with Crippen LogP contribution in [-0.4, -0.2) is 67.4 Å². The van der Waals surface area contributed by atoms with Crippen LogP contribution in [0.15, 0.2) is 94.9 Å². The van der Waals surface area contributed by atoms with Crippen molar-refractivity contribution in [2.75, 3.05) is 19.6 Å². The van der Waals surface area contributed by atoms with Gasteiger partial charge in [-0.3, -0.25) is 24.4 Å². The first-order valence-corrected chi connectivity index (χ1v) is 16.5. The molecule has 13 nitrogen and oxygen atoms in total. The number of guanidine groups is 2. The van der Waals surface area contributed by atoms with Crippen LogP contribution < -0.4 is 44.6 Å². The van der Waals surface area contributed by atoms with Gasteiger partial charge >= 0.3 is 0 Å². The molecule has 0 spiro atoms. The summed E-state index contributed by atoms with van der Waals surface area (Å²) in [6.45, 7) is 2.98. The van der Waals surface area contributed by atoms with Crippen molar-refractivity contribution in [3.8, 4) is 11.1 Å². The molecule has 3 amide bonds. The Hall–Kier alpha value is -5.43. The van der Waals surface area contributed by atoms with E-state index in [0.29, 0.717) is 32.4 Å². The molecule has 0 bridgehead atoms. The number of nitrogens with zero attached hydrogens (tertiary/aromatic N) is 2. The third-order valence-corrected chi connectivity index (χ3v) is 7.97. The van der Waals surface area contributed by atoms with E-state index in [1.165, 1.54) is 0 Å². The third-order valence-electron chi connectivity index (χ3n) is 7.97. The Labute approximate surface area is 288 Å². The van der Waals surface area contributed by atoms with Crippen LogP contribution in [0.5, 0.6) is 0 Å². The summed E-state index contributed by atoms with van der Waals surface area (Å²) in [5.74, 6) is -1.43. The van der Waals surface area contributed by atoms with Gasteiger partial charge in [0.05, 0.1) is 6.04 Å². The number of amides is 3. The lowest BCUT2D eigenvalue weighted by Crippen LogP contribution is -2.56. The highest BCUT2D eigenvalue weighted by Gasteiger charge is 2.28. The van der Waals surface area contributed by atoms with Crippen LogP contribution in [0.25, 0.3) is 11.1 Å². The third kappa shape index (κ3) is 13.7. The molecule has 262 valence electrons. The van der Waals surface area contributed by atoms with Gasteiger partial charge < -0.3 is 44.6 Å². The number of rotatable bonds is 19. The maximum atomic E-state index is 13.9. The standard InChI is InChI=1S/C36H50N10O3/c1-24(26-10-4-2-5-11-26)23-44-33(48)30(15-9-21-43-36(40)41)45-34(49)31(46-32(47)29(37)14-8-20-42-35(38)39)22-25-16-18-28(19-17-25)27-12-6-3-7-13-27/h2-7,10-13,16-19,24,29-31H,8-9,14-15,20-23,37H2,1H3,(H,44,48)(H,45,49)(H,46,47)(H4,38,39,42)(H4,40,41,43)/t24-,29+,30+,31+/m1/s1. The predicted octanol–water partition coefficient (Wildman–Crippen LogP) is 1.22. The summed E-state index contributed by atoms with van der Waals surface area (Å²) in [5, 5.41) is 8.65. The molecule has 4 atom stereocenters. The second-order valence-corrected chi connectivity index (χ2v) is 12.0. The number of hydrogen-bond acceptors (Lipinski definition) is 6. The largest absolute Gasteiger partial charge is 0.370 e. The van der Waals surface area contributed by atoms with Gasteiger partial charge in [0.15, 0.2) is 11.9 Å². The summed E-state index contributed by atoms with van der Waals surface area (Å²) in [5.41, 5.74) is 31.9. The molecule has 3 aromatic carbocycles. The topological polar surface area (TPSA) is 242 Å². The molecule has 0 aliphatic rings. The number of hydrogen-bond donors (Lipinski definition) is 8. The molecule has 3 rings (SSSR count). The van der Waals surface area contributed by atoms with Crippen molar-refractivity contribution < 1.29 is 14.4 Å². The minimum Gasteiger partial charge on any atom is -0.370 e. The fourth-order valence-corrected chi connectivity index (χ4v) is 5.16. The van der Waals surface area contributed by atoms with E-state index >= 15 is 0 Å². The molecule has 0 aromatic heterocycles. The van der Waals surface area contributed by atoms with Crippen LogP contribution in [0.1, 0.15) is 49.7 Å². The van der Waals surface area contributed by atoms with Gasteiger partial charge in [-0.1, -0.05) is 91.9 Å². The van der Waals surface area contributed by atoms with Crippen LogP contribution in [-0.2, 0) is 20.8 Å². The summed E-state index contributed by atoms with van der Waals surface area (Å²) < 4.78 is 0. The molecule has 49 heavy (non-hydrogen) atoms. The second kappa shape index (κ2) is 20.1. The van der Waals surface area contributed by atoms with E-state index in [-0.39, 0.29) is 43.1 Å². The van der Waals surface area contributed by atoms with Gasteiger partial charge in [-0.25, -0.2) is 0 Å². The summed E-state index contributed by atoms with van der Waals surface area (Å²) in [6, 6.07) is 24.6. The SMILES string of the molecule is C[C@H](CNC(=O)[C@H](CCCN=C(N)N)NC(=O)[C@H](Cc1ccc(-c2ccccc2)cc1)NC(=O)[C@@H](N)CCCN=C(N)N)c1ccccc1. The van der Waals surface area contributed by atoms with Gasteiger partial charge in [0.2, 0.25) is 17.7 Å². The lowest BCUT2D eigenvalue weighted by atomic mass is 9.99. The normalized spacial score (nSPS) is 13.2. The summed E-state index contributed by atoms with van der Waals surface area (Å²) >= 11 is 0. The maximum absolute atomic E-state index is 13.9. The zero-order valence-electron chi connectivity index (χ0n) is 28.1. The number of nitrogens with two attached hydrogens (primary N) is 5. The Balaban J connectivity index is 1.77. The van der Waals surface area contributed by atoms with Crippen molar-refractivity contribution in [1.29, 1.82) is 0 Å². The highest BCUT2D eigenvalue weighted by Crippen LogP contribution is 2.20. The zero-order valence-corrected chi connectivity index (χ0v) is 28.1. The average molecular weight is 671 g/mol. The van der Waals surface area contributed by atoms with Crippen molar-refractivity contribution in [3.63, 3.8) is 0 Å². The van der Waals surface area contributed by atoms with E-state index in [0.717, 1.165) is 22.3 Å². The highest BCUT2D eigenvalue weighted by atomic mass is 16.2. The Bertz CT molecular complexity index is 1520. The fraction of sp³-hybridized carbons (Fsp3) is 0.361. The molecule has 0 fully saturated rings. The summed E-state index contributed by atoms with van der Waals surface area (Å²) in [7, 11) is 0. The number of carbonyl (C=O) groups is 3. The first-order valence-electron chi connectivity index (χ1n) is 16.5. The summed E-state index contributed by atoms with van der Waals surface area (Å²) in [4.78, 5) is 48.5. The van der Waals surface area contributed by atoms with Crippen LogP contribution in [0.4, 0.5) is 0 Å². The molecule has 0 unspecified atom stereocenters. The molecule has 13 heteroatoms. The van der Waals surface area contributed by atoms with Crippen molar-refractivity contribution >= 4 is 29.6 Å². The minimum absolute atomic E-state index is 0.0422. The molecule has 0 heterocycles. The van der Waals surface area contributed by atoms with Crippen molar-refractivity contribution in [2.45, 2.75) is 63.1 Å². The Morgan fingerprint density at radius 3 is 1.78 bits per heavy atom. The number of carbonyl (C=O) groups excluding carboxylic acids is 3. The molecule has 0 aliphatic carbocycles. The molecule has 0 saturated carbocycles. The van der Waals surface area contributed by atoms with Crippen molar-refractivity contribution in [2.24, 2.45) is 38.7 Å². The fourth-order valence-electron chi connectivity index (χ4n) is 5.16. The van der Waals surface area contributed by atoms with Crippen LogP contribution in [0, 0.1) is 0 Å². The Morgan fingerprint density at radius 1 is 0.653 bits per heavy atom. The first kappa shape index (κ1) is 38.0. The van der Waals surface area contributed by atoms with E-state index in [1.807, 2.05) is 91.9 Å². The number of benzene rings is 3. The minimum atomic E-state index is -1.02. The quantitative estimate of drug-likeness (QED) is 0.0522. The monoisotopic (exact) mass is 670 g/mol. The Morgan fingerprint density at radius 2 is 1.18 bits per heavy atom. The summed E-state index contributed by atoms with van der Waals surface area (Å²) in [6.07, 6.45) is 1.65. The first-order chi connectivity index (χ1) is 23.5. The van der Waals surface area contributed by atoms with Crippen LogP contribution in [0.2, 0.25) is 0 Å². The van der Waals surface area contributed by atoms with Gasteiger partial charge in [-0.15, -0.1) is 0 Å². The number of aliphatic imine (C=N–C) groups is 2. The Kier molecular flexibility index (Phi) is 15.6.